The van der Waals surface area contributed by atoms with Crippen molar-refractivity contribution in [2.75, 3.05) is 40.3 Å². The largest absolute Gasteiger partial charge is 0.497 e. The van der Waals surface area contributed by atoms with Crippen LogP contribution in [0.2, 0.25) is 0 Å². The normalized spacial score (nSPS) is 16.9. The number of benzene rings is 2. The van der Waals surface area contributed by atoms with Crippen molar-refractivity contribution >= 4 is 5.96 Å². The highest BCUT2D eigenvalue weighted by molar-refractivity contribution is 5.79. The number of nitrogens with one attached hydrogen (secondary N) is 2. The van der Waals surface area contributed by atoms with Gasteiger partial charge in [0.25, 0.3) is 0 Å². The lowest BCUT2D eigenvalue weighted by atomic mass is 10.1. The molecule has 2 aromatic carbocycles. The Kier molecular flexibility index (Phi) is 9.10. The Bertz CT molecular complexity index is 864. The maximum Gasteiger partial charge on any atom is 0.387 e. The minimum absolute atomic E-state index is 0.119. The summed E-state index contributed by atoms with van der Waals surface area (Å²) in [4.78, 5) is 6.75. The molecule has 0 spiro atoms. The zero-order valence-electron chi connectivity index (χ0n) is 18.7. The summed E-state index contributed by atoms with van der Waals surface area (Å²) in [6.07, 6.45) is 2.20. The van der Waals surface area contributed by atoms with Crippen molar-refractivity contribution in [3.63, 3.8) is 0 Å². The van der Waals surface area contributed by atoms with Gasteiger partial charge in [-0.2, -0.15) is 8.78 Å². The van der Waals surface area contributed by atoms with E-state index in [0.29, 0.717) is 23.2 Å². The lowest BCUT2D eigenvalue weighted by molar-refractivity contribution is -0.0505. The molecule has 0 radical (unpaired) electrons. The smallest absolute Gasteiger partial charge is 0.387 e. The van der Waals surface area contributed by atoms with Gasteiger partial charge in [0.15, 0.2) is 5.96 Å². The van der Waals surface area contributed by atoms with Crippen LogP contribution >= 0.6 is 0 Å². The zero-order valence-corrected chi connectivity index (χ0v) is 18.7. The second-order valence-electron chi connectivity index (χ2n) is 7.85. The number of methoxy groups -OCH3 is 1. The molecule has 1 heterocycles. The highest BCUT2D eigenvalue weighted by Crippen LogP contribution is 2.25. The molecule has 174 valence electrons. The summed E-state index contributed by atoms with van der Waals surface area (Å²) in [5.74, 6) is 1.86. The monoisotopic (exact) mass is 446 g/mol. The predicted octanol–water partition coefficient (Wildman–Crippen LogP) is 3.53. The fraction of sp³-hybridized carbons (Fsp3) is 0.458. The van der Waals surface area contributed by atoms with Crippen LogP contribution in [0.5, 0.6) is 11.5 Å². The van der Waals surface area contributed by atoms with Crippen molar-refractivity contribution in [1.29, 1.82) is 0 Å². The van der Waals surface area contributed by atoms with Gasteiger partial charge in [0.1, 0.15) is 11.5 Å². The third-order valence-corrected chi connectivity index (χ3v) is 5.64. The predicted molar refractivity (Wildman–Crippen MR) is 123 cm³/mol. The number of ether oxygens (including phenoxy) is 2. The summed E-state index contributed by atoms with van der Waals surface area (Å²) in [7, 11) is 3.23. The van der Waals surface area contributed by atoms with E-state index < -0.39 is 6.61 Å². The lowest BCUT2D eigenvalue weighted by Crippen LogP contribution is -2.40. The number of hydrogen-bond acceptors (Lipinski definition) is 4. The van der Waals surface area contributed by atoms with Crippen LogP contribution in [0.25, 0.3) is 0 Å². The molecule has 1 saturated heterocycles. The van der Waals surface area contributed by atoms with Gasteiger partial charge in [-0.05, 0) is 49.1 Å². The van der Waals surface area contributed by atoms with Crippen LogP contribution in [0.1, 0.15) is 17.5 Å². The summed E-state index contributed by atoms with van der Waals surface area (Å²) in [6.45, 7) is 1.43. The topological polar surface area (TPSA) is 58.1 Å². The number of rotatable bonds is 10. The molecule has 32 heavy (non-hydrogen) atoms. The average Bonchev–Trinajstić information content (AvgIpc) is 3.27. The van der Waals surface area contributed by atoms with E-state index >= 15 is 0 Å². The molecule has 1 atom stereocenters. The summed E-state index contributed by atoms with van der Waals surface area (Å²) in [5, 5.41) is 6.53. The molecule has 3 rings (SSSR count). The van der Waals surface area contributed by atoms with E-state index in [0.717, 1.165) is 39.0 Å². The lowest BCUT2D eigenvalue weighted by Gasteiger charge is -2.18. The van der Waals surface area contributed by atoms with Gasteiger partial charge in [-0.3, -0.25) is 4.99 Å². The Morgan fingerprint density at radius 1 is 1.19 bits per heavy atom. The van der Waals surface area contributed by atoms with E-state index in [2.05, 4.69) is 49.5 Å². The quantitative estimate of drug-likeness (QED) is 0.432. The summed E-state index contributed by atoms with van der Waals surface area (Å²) >= 11 is 0. The maximum atomic E-state index is 12.7. The van der Waals surface area contributed by atoms with Crippen LogP contribution in [-0.2, 0) is 13.0 Å². The van der Waals surface area contributed by atoms with Crippen LogP contribution in [0, 0.1) is 5.92 Å². The van der Waals surface area contributed by atoms with Crippen molar-refractivity contribution in [2.24, 2.45) is 10.9 Å². The average molecular weight is 447 g/mol. The molecular weight excluding hydrogens is 414 g/mol. The molecule has 1 unspecified atom stereocenters. The van der Waals surface area contributed by atoms with Gasteiger partial charge in [0.05, 0.1) is 7.11 Å². The number of aliphatic imine (C=N–C) groups is 1. The molecule has 8 heteroatoms. The van der Waals surface area contributed by atoms with Crippen LogP contribution in [-0.4, -0.2) is 57.8 Å². The van der Waals surface area contributed by atoms with Crippen molar-refractivity contribution in [2.45, 2.75) is 26.0 Å². The van der Waals surface area contributed by atoms with E-state index in [4.69, 9.17) is 4.74 Å². The van der Waals surface area contributed by atoms with Gasteiger partial charge in [-0.25, -0.2) is 0 Å². The van der Waals surface area contributed by atoms with E-state index in [1.54, 1.807) is 19.2 Å². The van der Waals surface area contributed by atoms with Crippen molar-refractivity contribution < 1.29 is 18.3 Å². The van der Waals surface area contributed by atoms with Gasteiger partial charge < -0.3 is 25.0 Å². The number of likely N-dealkylation sites (tertiary alicyclic amines) is 1. The summed E-state index contributed by atoms with van der Waals surface area (Å²) < 4.78 is 35.2. The summed E-state index contributed by atoms with van der Waals surface area (Å²) in [5.41, 5.74) is 1.94. The molecule has 0 aliphatic carbocycles. The molecule has 1 aliphatic rings. The number of guanidine groups is 1. The van der Waals surface area contributed by atoms with E-state index in [1.807, 2.05) is 6.07 Å². The molecule has 0 aromatic heterocycles. The number of alkyl halides is 2. The third kappa shape index (κ3) is 7.37. The second-order valence-corrected chi connectivity index (χ2v) is 7.85. The van der Waals surface area contributed by atoms with Crippen molar-refractivity contribution in [3.05, 3.63) is 59.7 Å². The molecule has 6 nitrogen and oxygen atoms in total. The first-order valence-corrected chi connectivity index (χ1v) is 10.9. The fourth-order valence-electron chi connectivity index (χ4n) is 3.89. The Morgan fingerprint density at radius 2 is 2.00 bits per heavy atom. The molecule has 0 saturated carbocycles. The Hall–Kier alpha value is -2.87. The third-order valence-electron chi connectivity index (χ3n) is 5.64. The Labute approximate surface area is 188 Å². The van der Waals surface area contributed by atoms with Crippen LogP contribution in [0.3, 0.4) is 0 Å². The van der Waals surface area contributed by atoms with Crippen LogP contribution in [0.4, 0.5) is 8.78 Å². The van der Waals surface area contributed by atoms with Crippen LogP contribution < -0.4 is 20.1 Å². The minimum Gasteiger partial charge on any atom is -0.497 e. The number of nitrogens with zero attached hydrogens (tertiary/aromatic N) is 2. The summed E-state index contributed by atoms with van der Waals surface area (Å²) in [6, 6.07) is 15.3. The first-order valence-electron chi connectivity index (χ1n) is 10.9. The number of hydrogen-bond donors (Lipinski definition) is 2. The maximum absolute atomic E-state index is 12.7. The molecule has 1 aliphatic heterocycles. The van der Waals surface area contributed by atoms with Crippen molar-refractivity contribution in [3.8, 4) is 11.5 Å². The van der Waals surface area contributed by atoms with Crippen LogP contribution in [0.15, 0.2) is 53.5 Å². The highest BCUT2D eigenvalue weighted by Gasteiger charge is 2.22. The zero-order chi connectivity index (χ0) is 22.8. The van der Waals surface area contributed by atoms with Gasteiger partial charge in [0.2, 0.25) is 0 Å². The molecular formula is C24H32F2N4O2. The van der Waals surface area contributed by atoms with Gasteiger partial charge in [-0.1, -0.05) is 30.3 Å². The van der Waals surface area contributed by atoms with Crippen molar-refractivity contribution in [1.82, 2.24) is 15.5 Å². The standard InChI is InChI=1S/C24H32F2N4O2/c1-27-24(29-16-20-14-21(31-2)8-9-22(20)32-23(25)26)28-15-19-11-13-30(17-19)12-10-18-6-4-3-5-7-18/h3-9,14,19,23H,10-13,15-17H2,1-2H3,(H2,27,28,29). The van der Waals surface area contributed by atoms with Gasteiger partial charge in [-0.15, -0.1) is 0 Å². The van der Waals surface area contributed by atoms with E-state index in [9.17, 15) is 8.78 Å². The second kappa shape index (κ2) is 12.2. The van der Waals surface area contributed by atoms with E-state index in [1.165, 1.54) is 18.7 Å². The molecule has 0 bridgehead atoms. The van der Waals surface area contributed by atoms with Gasteiger partial charge in [0, 0.05) is 38.8 Å². The Morgan fingerprint density at radius 3 is 2.72 bits per heavy atom. The van der Waals surface area contributed by atoms with E-state index in [-0.39, 0.29) is 12.3 Å². The molecule has 2 aromatic rings. The minimum atomic E-state index is -2.88. The number of halogens is 2. The Balaban J connectivity index is 1.44. The SMILES string of the molecule is CN=C(NCc1cc(OC)ccc1OC(F)F)NCC1CCN(CCc2ccccc2)C1. The molecule has 1 fully saturated rings. The first-order chi connectivity index (χ1) is 15.6. The van der Waals surface area contributed by atoms with Gasteiger partial charge >= 0.3 is 6.61 Å². The molecule has 2 N–H and O–H groups in total. The fourth-order valence-corrected chi connectivity index (χ4v) is 3.89. The highest BCUT2D eigenvalue weighted by atomic mass is 19.3. The molecule has 0 amide bonds. The first kappa shape index (κ1) is 23.8.